The average Bonchev–Trinajstić information content (AvgIpc) is 3.19. The number of anilines is 2. The molecule has 298 valence electrons. The quantitative estimate of drug-likeness (QED) is 0.0732. The van der Waals surface area contributed by atoms with E-state index in [1.54, 1.807) is 42.5 Å². The second-order valence-electron chi connectivity index (χ2n) is 13.5. The molecule has 3 N–H and O–H groups in total. The van der Waals surface area contributed by atoms with Crippen LogP contribution in [0.5, 0.6) is 17.2 Å². The number of benzene rings is 5. The van der Waals surface area contributed by atoms with Crippen molar-refractivity contribution in [3.8, 4) is 17.2 Å². The van der Waals surface area contributed by atoms with Crippen molar-refractivity contribution < 1.29 is 41.1 Å². The molecule has 0 spiro atoms. The number of halogens is 1. The van der Waals surface area contributed by atoms with Crippen molar-refractivity contribution in [2.75, 3.05) is 29.4 Å². The summed E-state index contributed by atoms with van der Waals surface area (Å²) in [6.45, 7) is 5.07. The first-order valence-electron chi connectivity index (χ1n) is 17.7. The molecule has 0 bridgehead atoms. The summed E-state index contributed by atoms with van der Waals surface area (Å²) in [5.74, 6) is -0.846. The van der Waals surface area contributed by atoms with Gasteiger partial charge >= 0.3 is 0 Å². The molecule has 0 aromatic heterocycles. The molecule has 57 heavy (non-hydrogen) atoms. The molecule has 5 aromatic rings. The second kappa shape index (κ2) is 17.2. The Morgan fingerprint density at radius 2 is 1.54 bits per heavy atom. The number of amides is 1. The lowest BCUT2D eigenvalue weighted by atomic mass is 10.0. The summed E-state index contributed by atoms with van der Waals surface area (Å²) >= 11 is 6.28. The molecule has 17 heteroatoms. The zero-order valence-electron chi connectivity index (χ0n) is 30.8. The van der Waals surface area contributed by atoms with Gasteiger partial charge in [-0.05, 0) is 116 Å². The van der Waals surface area contributed by atoms with Gasteiger partial charge in [-0.2, -0.15) is 0 Å². The number of nitrogens with one attached hydrogen (secondary N) is 2. The lowest BCUT2D eigenvalue weighted by molar-refractivity contribution is -0.384. The summed E-state index contributed by atoms with van der Waals surface area (Å²) in [5, 5.41) is 26.3. The predicted molar refractivity (Wildman–Crippen MR) is 215 cm³/mol. The molecular formula is C40H39ClN4O10S2. The van der Waals surface area contributed by atoms with E-state index < -0.39 is 52.8 Å². The Hall–Kier alpha value is -5.68. The minimum Gasteiger partial charge on any atom is -0.507 e. The van der Waals surface area contributed by atoms with Crippen LogP contribution < -0.4 is 19.1 Å². The number of ether oxygens (including phenoxy) is 2. The first-order chi connectivity index (χ1) is 27.1. The molecule has 0 radical (unpaired) electrons. The number of carbonyl (C=O) groups excluding carboxylic acids is 1. The number of hydrogen-bond donors (Lipinski definition) is 3. The fourth-order valence-corrected chi connectivity index (χ4v) is 8.79. The van der Waals surface area contributed by atoms with Gasteiger partial charge in [0.1, 0.15) is 22.9 Å². The third-order valence-electron chi connectivity index (χ3n) is 9.36. The van der Waals surface area contributed by atoms with Crippen molar-refractivity contribution in [1.29, 1.82) is 0 Å². The number of sulfonamides is 2. The molecule has 1 fully saturated rings. The van der Waals surface area contributed by atoms with E-state index in [1.165, 1.54) is 36.4 Å². The predicted octanol–water partition coefficient (Wildman–Crippen LogP) is 7.72. The van der Waals surface area contributed by atoms with Crippen molar-refractivity contribution in [2.45, 2.75) is 43.0 Å². The average molecular weight is 835 g/mol. The Kier molecular flexibility index (Phi) is 12.4. The normalized spacial score (nSPS) is 13.5. The summed E-state index contributed by atoms with van der Waals surface area (Å²) in [6, 6.07) is 24.5. The fraction of sp³-hybridized carbons (Fsp3) is 0.225. The zero-order valence-corrected chi connectivity index (χ0v) is 33.2. The molecule has 0 unspecified atom stereocenters. The van der Waals surface area contributed by atoms with Crippen LogP contribution in [-0.2, 0) is 31.3 Å². The standard InChI is InChI=1S/C40H39ClN4O10S2/c1-26-20-32(21-27(2)39(26)41)55-31-9-11-33(12-10-31)57(52,53)44(25-29-6-4-3-5-7-29)30-8-15-38(46)35(22-30)40(47)43-56(50,51)34-13-14-36(37(23-34)45(48)49)42-24-28-16-18-54-19-17-28/h3-15,20-23,28,42,46H,16-19,24-25H2,1-2H3,(H,43,47). The summed E-state index contributed by atoms with van der Waals surface area (Å²) in [6.07, 6.45) is 1.55. The van der Waals surface area contributed by atoms with E-state index in [9.17, 15) is 36.9 Å². The molecule has 1 saturated heterocycles. The van der Waals surface area contributed by atoms with Crippen molar-refractivity contribution in [2.24, 2.45) is 5.92 Å². The highest BCUT2D eigenvalue weighted by atomic mass is 35.5. The lowest BCUT2D eigenvalue weighted by Gasteiger charge is -2.25. The molecule has 1 aliphatic heterocycles. The molecule has 14 nitrogen and oxygen atoms in total. The highest BCUT2D eigenvalue weighted by Crippen LogP contribution is 2.34. The van der Waals surface area contributed by atoms with E-state index in [4.69, 9.17) is 21.1 Å². The van der Waals surface area contributed by atoms with Gasteiger partial charge in [-0.1, -0.05) is 41.9 Å². The molecule has 1 amide bonds. The minimum absolute atomic E-state index is 0.0674. The molecule has 0 aliphatic carbocycles. The van der Waals surface area contributed by atoms with Gasteiger partial charge in [0.2, 0.25) is 0 Å². The van der Waals surface area contributed by atoms with Crippen LogP contribution in [0.3, 0.4) is 0 Å². The summed E-state index contributed by atoms with van der Waals surface area (Å²) in [7, 11) is -9.10. The first-order valence-corrected chi connectivity index (χ1v) is 21.0. The third kappa shape index (κ3) is 9.65. The first kappa shape index (κ1) is 41.0. The third-order valence-corrected chi connectivity index (χ3v) is 13.1. The van der Waals surface area contributed by atoms with Crippen LogP contribution in [0.4, 0.5) is 17.1 Å². The molecule has 6 rings (SSSR count). The Morgan fingerprint density at radius 1 is 0.895 bits per heavy atom. The molecule has 1 aliphatic rings. The van der Waals surface area contributed by atoms with Crippen LogP contribution in [-0.4, -0.2) is 52.5 Å². The Bertz CT molecular complexity index is 2490. The van der Waals surface area contributed by atoms with Gasteiger partial charge in [-0.25, -0.2) is 21.6 Å². The fourth-order valence-electron chi connectivity index (χ4n) is 6.25. The number of phenols is 1. The number of nitrogens with zero attached hydrogens (tertiary/aromatic N) is 2. The van der Waals surface area contributed by atoms with Gasteiger partial charge in [0, 0.05) is 30.8 Å². The Morgan fingerprint density at radius 3 is 2.19 bits per heavy atom. The molecule has 5 aromatic carbocycles. The largest absolute Gasteiger partial charge is 0.507 e. The van der Waals surface area contributed by atoms with Gasteiger partial charge in [0.15, 0.2) is 0 Å². The smallest absolute Gasteiger partial charge is 0.293 e. The summed E-state index contributed by atoms with van der Waals surface area (Å²) < 4.78 is 69.6. The molecule has 1 heterocycles. The maximum Gasteiger partial charge on any atom is 0.293 e. The van der Waals surface area contributed by atoms with Crippen LogP contribution in [0.1, 0.15) is 39.9 Å². The van der Waals surface area contributed by atoms with E-state index in [-0.39, 0.29) is 28.7 Å². The maximum atomic E-state index is 14.3. The number of nitro groups is 1. The van der Waals surface area contributed by atoms with Crippen LogP contribution in [0, 0.1) is 29.9 Å². The molecular weight excluding hydrogens is 796 g/mol. The van der Waals surface area contributed by atoms with E-state index in [0.29, 0.717) is 41.8 Å². The monoisotopic (exact) mass is 834 g/mol. The lowest BCUT2D eigenvalue weighted by Crippen LogP contribution is -2.32. The number of aryl methyl sites for hydroxylation is 2. The van der Waals surface area contributed by atoms with Crippen molar-refractivity contribution >= 4 is 54.6 Å². The van der Waals surface area contributed by atoms with Gasteiger partial charge < -0.3 is 19.9 Å². The van der Waals surface area contributed by atoms with Gasteiger partial charge in [0.05, 0.1) is 32.5 Å². The summed E-state index contributed by atoms with van der Waals surface area (Å²) in [4.78, 5) is 24.0. The topological polar surface area (TPSA) is 194 Å². The second-order valence-corrected chi connectivity index (χ2v) is 17.4. The Labute approximate surface area is 335 Å². The maximum absolute atomic E-state index is 14.3. The highest BCUT2D eigenvalue weighted by Gasteiger charge is 2.29. The van der Waals surface area contributed by atoms with Crippen molar-refractivity contribution in [3.63, 3.8) is 0 Å². The van der Waals surface area contributed by atoms with Crippen LogP contribution in [0.15, 0.2) is 113 Å². The Balaban J connectivity index is 1.26. The van der Waals surface area contributed by atoms with E-state index >= 15 is 0 Å². The van der Waals surface area contributed by atoms with Crippen LogP contribution in [0.2, 0.25) is 5.02 Å². The zero-order chi connectivity index (χ0) is 40.9. The molecule has 0 atom stereocenters. The van der Waals surface area contributed by atoms with E-state index in [1.807, 2.05) is 18.6 Å². The van der Waals surface area contributed by atoms with Gasteiger partial charge in [-0.15, -0.1) is 0 Å². The number of aromatic hydroxyl groups is 1. The van der Waals surface area contributed by atoms with E-state index in [0.717, 1.165) is 52.5 Å². The number of hydrogen-bond acceptors (Lipinski definition) is 11. The van der Waals surface area contributed by atoms with E-state index in [2.05, 4.69) is 5.32 Å². The van der Waals surface area contributed by atoms with Crippen LogP contribution in [0.25, 0.3) is 0 Å². The minimum atomic E-state index is -4.73. The SMILES string of the molecule is Cc1cc(Oc2ccc(S(=O)(=O)N(Cc3ccccc3)c3ccc(O)c(C(=O)NS(=O)(=O)c4ccc(NCC5CCOCC5)c([N+](=O)[O-])c4)c3)cc2)cc(C)c1Cl. The number of rotatable bonds is 14. The number of nitro benzene ring substituents is 1. The van der Waals surface area contributed by atoms with Crippen molar-refractivity contribution in [3.05, 3.63) is 141 Å². The highest BCUT2D eigenvalue weighted by molar-refractivity contribution is 7.92. The number of carbonyl (C=O) groups is 1. The van der Waals surface area contributed by atoms with Gasteiger partial charge in [-0.3, -0.25) is 19.2 Å². The summed E-state index contributed by atoms with van der Waals surface area (Å²) in [5.41, 5.74) is 1.18. The van der Waals surface area contributed by atoms with Crippen LogP contribution >= 0.6 is 11.6 Å². The van der Waals surface area contributed by atoms with Crippen molar-refractivity contribution in [1.82, 2.24) is 4.72 Å². The molecule has 0 saturated carbocycles. The number of phenolic OH excluding ortho intramolecular Hbond substituents is 1. The van der Waals surface area contributed by atoms with Gasteiger partial charge in [0.25, 0.3) is 31.6 Å².